The SMILES string of the molecule is CC(C)c1ccccc1COC1CNC1. The van der Waals surface area contributed by atoms with E-state index in [1.54, 1.807) is 0 Å². The van der Waals surface area contributed by atoms with Crippen LogP contribution in [-0.4, -0.2) is 19.2 Å². The third kappa shape index (κ3) is 2.58. The van der Waals surface area contributed by atoms with Crippen molar-refractivity contribution in [1.29, 1.82) is 0 Å². The molecule has 82 valence electrons. The largest absolute Gasteiger partial charge is 0.371 e. The fourth-order valence-electron chi connectivity index (χ4n) is 1.82. The maximum atomic E-state index is 5.79. The van der Waals surface area contributed by atoms with E-state index in [2.05, 4.69) is 43.4 Å². The van der Waals surface area contributed by atoms with Gasteiger partial charge in [-0.1, -0.05) is 38.1 Å². The highest BCUT2D eigenvalue weighted by atomic mass is 16.5. The first kappa shape index (κ1) is 10.7. The first-order valence-corrected chi connectivity index (χ1v) is 5.67. The van der Waals surface area contributed by atoms with Gasteiger partial charge in [-0.05, 0) is 17.0 Å². The average molecular weight is 205 g/mol. The molecule has 0 spiro atoms. The van der Waals surface area contributed by atoms with Crippen LogP contribution in [0.1, 0.15) is 30.9 Å². The highest BCUT2D eigenvalue weighted by Crippen LogP contribution is 2.20. The van der Waals surface area contributed by atoms with Gasteiger partial charge in [-0.2, -0.15) is 0 Å². The van der Waals surface area contributed by atoms with Gasteiger partial charge >= 0.3 is 0 Å². The zero-order valence-corrected chi connectivity index (χ0v) is 9.49. The molecule has 0 unspecified atom stereocenters. The lowest BCUT2D eigenvalue weighted by molar-refractivity contribution is 0.00721. The van der Waals surface area contributed by atoms with Gasteiger partial charge in [-0.3, -0.25) is 0 Å². The number of ether oxygens (including phenoxy) is 1. The molecule has 2 nitrogen and oxygen atoms in total. The van der Waals surface area contributed by atoms with Crippen molar-refractivity contribution in [2.24, 2.45) is 0 Å². The summed E-state index contributed by atoms with van der Waals surface area (Å²) in [4.78, 5) is 0. The Labute approximate surface area is 91.6 Å². The van der Waals surface area contributed by atoms with Crippen LogP contribution in [0.2, 0.25) is 0 Å². The molecular formula is C13H19NO. The van der Waals surface area contributed by atoms with Gasteiger partial charge in [0.1, 0.15) is 0 Å². The minimum absolute atomic E-state index is 0.421. The Bertz CT molecular complexity index is 318. The van der Waals surface area contributed by atoms with Gasteiger partial charge in [0.25, 0.3) is 0 Å². The van der Waals surface area contributed by atoms with Gasteiger partial charge in [0, 0.05) is 13.1 Å². The van der Waals surface area contributed by atoms with Crippen LogP contribution in [0.25, 0.3) is 0 Å². The summed E-state index contributed by atoms with van der Waals surface area (Å²) in [6.07, 6.45) is 0.421. The lowest BCUT2D eigenvalue weighted by atomic mass is 9.98. The van der Waals surface area contributed by atoms with Crippen molar-refractivity contribution in [3.05, 3.63) is 35.4 Å². The van der Waals surface area contributed by atoms with Crippen LogP contribution in [0, 0.1) is 0 Å². The Morgan fingerprint density at radius 3 is 2.67 bits per heavy atom. The van der Waals surface area contributed by atoms with Crippen molar-refractivity contribution in [3.8, 4) is 0 Å². The Morgan fingerprint density at radius 1 is 1.33 bits per heavy atom. The second-order valence-corrected chi connectivity index (χ2v) is 4.44. The first-order chi connectivity index (χ1) is 7.27. The summed E-state index contributed by atoms with van der Waals surface area (Å²) >= 11 is 0. The van der Waals surface area contributed by atoms with Gasteiger partial charge in [-0.15, -0.1) is 0 Å². The molecule has 1 saturated heterocycles. The van der Waals surface area contributed by atoms with Crippen molar-refractivity contribution in [2.75, 3.05) is 13.1 Å². The standard InChI is InChI=1S/C13H19NO/c1-10(2)13-6-4-3-5-11(13)9-15-12-7-14-8-12/h3-6,10,12,14H,7-9H2,1-2H3. The van der Waals surface area contributed by atoms with E-state index >= 15 is 0 Å². The van der Waals surface area contributed by atoms with E-state index in [0.717, 1.165) is 19.7 Å². The summed E-state index contributed by atoms with van der Waals surface area (Å²) in [5.41, 5.74) is 2.74. The van der Waals surface area contributed by atoms with Gasteiger partial charge in [0.15, 0.2) is 0 Å². The van der Waals surface area contributed by atoms with E-state index in [1.807, 2.05) is 0 Å². The lowest BCUT2D eigenvalue weighted by Crippen LogP contribution is -2.48. The Balaban J connectivity index is 1.99. The number of hydrogen-bond donors (Lipinski definition) is 1. The first-order valence-electron chi connectivity index (χ1n) is 5.67. The van der Waals surface area contributed by atoms with Crippen LogP contribution in [0.5, 0.6) is 0 Å². The molecule has 0 aliphatic carbocycles. The smallest absolute Gasteiger partial charge is 0.0828 e. The number of nitrogens with one attached hydrogen (secondary N) is 1. The van der Waals surface area contributed by atoms with Crippen LogP contribution in [-0.2, 0) is 11.3 Å². The van der Waals surface area contributed by atoms with Crippen molar-refractivity contribution < 1.29 is 4.74 Å². The van der Waals surface area contributed by atoms with Gasteiger partial charge in [0.2, 0.25) is 0 Å². The van der Waals surface area contributed by atoms with Crippen molar-refractivity contribution >= 4 is 0 Å². The van der Waals surface area contributed by atoms with Crippen LogP contribution in [0.4, 0.5) is 0 Å². The van der Waals surface area contributed by atoms with E-state index in [-0.39, 0.29) is 0 Å². The summed E-state index contributed by atoms with van der Waals surface area (Å²) in [6, 6.07) is 8.55. The van der Waals surface area contributed by atoms with Crippen molar-refractivity contribution in [2.45, 2.75) is 32.5 Å². The minimum atomic E-state index is 0.421. The molecule has 0 saturated carbocycles. The zero-order valence-electron chi connectivity index (χ0n) is 9.49. The average Bonchev–Trinajstić information content (AvgIpc) is 2.16. The van der Waals surface area contributed by atoms with E-state index in [0.29, 0.717) is 12.0 Å². The molecule has 0 aromatic heterocycles. The third-order valence-electron chi connectivity index (χ3n) is 2.90. The Kier molecular flexibility index (Phi) is 3.39. The second-order valence-electron chi connectivity index (χ2n) is 4.44. The monoisotopic (exact) mass is 205 g/mol. The van der Waals surface area contributed by atoms with Crippen LogP contribution < -0.4 is 5.32 Å². The van der Waals surface area contributed by atoms with Gasteiger partial charge in [0.05, 0.1) is 12.7 Å². The molecule has 1 heterocycles. The molecule has 1 N–H and O–H groups in total. The maximum Gasteiger partial charge on any atom is 0.0828 e. The molecule has 0 bridgehead atoms. The Morgan fingerprint density at radius 2 is 2.07 bits per heavy atom. The number of rotatable bonds is 4. The molecule has 0 radical (unpaired) electrons. The molecule has 2 heteroatoms. The topological polar surface area (TPSA) is 21.3 Å². The molecule has 0 atom stereocenters. The predicted octanol–water partition coefficient (Wildman–Crippen LogP) is 2.30. The van der Waals surface area contributed by atoms with Crippen LogP contribution in [0.3, 0.4) is 0 Å². The number of benzene rings is 1. The predicted molar refractivity (Wildman–Crippen MR) is 62.0 cm³/mol. The number of hydrogen-bond acceptors (Lipinski definition) is 2. The highest BCUT2D eigenvalue weighted by molar-refractivity contribution is 5.29. The van der Waals surface area contributed by atoms with Gasteiger partial charge in [-0.25, -0.2) is 0 Å². The molecule has 1 aliphatic heterocycles. The summed E-state index contributed by atoms with van der Waals surface area (Å²) in [5, 5.41) is 3.21. The molecule has 1 aromatic rings. The fraction of sp³-hybridized carbons (Fsp3) is 0.538. The summed E-state index contributed by atoms with van der Waals surface area (Å²) in [5.74, 6) is 0.573. The van der Waals surface area contributed by atoms with Crippen molar-refractivity contribution in [1.82, 2.24) is 5.32 Å². The molecule has 1 aliphatic rings. The second kappa shape index (κ2) is 4.77. The molecule has 2 rings (SSSR count). The summed E-state index contributed by atoms with van der Waals surface area (Å²) < 4.78 is 5.79. The highest BCUT2D eigenvalue weighted by Gasteiger charge is 2.17. The maximum absolute atomic E-state index is 5.79. The molecule has 1 fully saturated rings. The minimum Gasteiger partial charge on any atom is -0.371 e. The van der Waals surface area contributed by atoms with E-state index < -0.39 is 0 Å². The quantitative estimate of drug-likeness (QED) is 0.814. The normalized spacial score (nSPS) is 16.7. The fourth-order valence-corrected chi connectivity index (χ4v) is 1.82. The molecule has 0 amide bonds. The van der Waals surface area contributed by atoms with E-state index in [1.165, 1.54) is 11.1 Å². The molecular weight excluding hydrogens is 186 g/mol. The van der Waals surface area contributed by atoms with Crippen LogP contribution in [0.15, 0.2) is 24.3 Å². The van der Waals surface area contributed by atoms with E-state index in [4.69, 9.17) is 4.74 Å². The van der Waals surface area contributed by atoms with Crippen molar-refractivity contribution in [3.63, 3.8) is 0 Å². The summed E-state index contributed by atoms with van der Waals surface area (Å²) in [7, 11) is 0. The Hall–Kier alpha value is -0.860. The van der Waals surface area contributed by atoms with Gasteiger partial charge < -0.3 is 10.1 Å². The molecule has 15 heavy (non-hydrogen) atoms. The zero-order chi connectivity index (χ0) is 10.7. The third-order valence-corrected chi connectivity index (χ3v) is 2.90. The molecule has 1 aromatic carbocycles. The lowest BCUT2D eigenvalue weighted by Gasteiger charge is -2.27. The summed E-state index contributed by atoms with van der Waals surface area (Å²) in [6.45, 7) is 7.21. The van der Waals surface area contributed by atoms with E-state index in [9.17, 15) is 0 Å². The van der Waals surface area contributed by atoms with Crippen LogP contribution >= 0.6 is 0 Å².